The van der Waals surface area contributed by atoms with Crippen LogP contribution >= 0.6 is 27.7 Å². The molecule has 0 fully saturated rings. The van der Waals surface area contributed by atoms with Crippen LogP contribution in [0.2, 0.25) is 0 Å². The predicted molar refractivity (Wildman–Crippen MR) is 71.0 cm³/mol. The molecule has 0 atom stereocenters. The van der Waals surface area contributed by atoms with Crippen molar-refractivity contribution in [2.75, 3.05) is 12.5 Å². The smallest absolute Gasteiger partial charge is 0.377 e. The largest absolute Gasteiger partial charge is 0.475 e. The van der Waals surface area contributed by atoms with Gasteiger partial charge >= 0.3 is 5.97 Å². The molecular formula is C10H9BrO5S2. The highest BCUT2D eigenvalue weighted by atomic mass is 79.9. The van der Waals surface area contributed by atoms with Crippen LogP contribution in [0.5, 0.6) is 0 Å². The second-order valence-corrected chi connectivity index (χ2v) is 7.05. The summed E-state index contributed by atoms with van der Waals surface area (Å²) < 4.78 is 23.6. The van der Waals surface area contributed by atoms with Gasteiger partial charge in [-0.2, -0.15) is 0 Å². The maximum atomic E-state index is 11.6. The molecule has 0 radical (unpaired) electrons. The van der Waals surface area contributed by atoms with Gasteiger partial charge in [0.2, 0.25) is 0 Å². The SMILES string of the molecule is CSc1c(Br)cc(C(=O)C(=O)O)cc1S(C)(=O)=O. The highest BCUT2D eigenvalue weighted by Gasteiger charge is 2.22. The van der Waals surface area contributed by atoms with Gasteiger partial charge in [0.1, 0.15) is 0 Å². The fourth-order valence-corrected chi connectivity index (χ4v) is 4.38. The highest BCUT2D eigenvalue weighted by molar-refractivity contribution is 9.10. The molecule has 0 saturated heterocycles. The first-order valence-electron chi connectivity index (χ1n) is 4.53. The van der Waals surface area contributed by atoms with Gasteiger partial charge in [0.25, 0.3) is 5.78 Å². The number of carbonyl (C=O) groups is 2. The Balaban J connectivity index is 3.60. The van der Waals surface area contributed by atoms with E-state index < -0.39 is 21.6 Å². The number of carbonyl (C=O) groups excluding carboxylic acids is 1. The summed E-state index contributed by atoms with van der Waals surface area (Å²) in [5.74, 6) is -2.77. The van der Waals surface area contributed by atoms with Gasteiger partial charge in [-0.1, -0.05) is 0 Å². The van der Waals surface area contributed by atoms with Crippen molar-refractivity contribution in [1.29, 1.82) is 0 Å². The number of benzene rings is 1. The standard InChI is InChI=1S/C10H9BrO5S2/c1-17-9-6(11)3-5(8(12)10(13)14)4-7(9)18(2,15)16/h3-4H,1-2H3,(H,13,14). The molecule has 1 rings (SSSR count). The molecule has 0 heterocycles. The molecule has 98 valence electrons. The summed E-state index contributed by atoms with van der Waals surface area (Å²) in [6.45, 7) is 0. The number of aliphatic carboxylic acids is 1. The van der Waals surface area contributed by atoms with E-state index in [0.717, 1.165) is 12.3 Å². The van der Waals surface area contributed by atoms with Crippen LogP contribution < -0.4 is 0 Å². The lowest BCUT2D eigenvalue weighted by Crippen LogP contribution is -2.14. The lowest BCUT2D eigenvalue weighted by molar-refractivity contribution is -0.131. The summed E-state index contributed by atoms with van der Waals surface area (Å²) in [5, 5.41) is 8.63. The number of hydrogen-bond donors (Lipinski definition) is 1. The van der Waals surface area contributed by atoms with Crippen LogP contribution in [0.1, 0.15) is 10.4 Å². The van der Waals surface area contributed by atoms with Gasteiger partial charge in [-0.15, -0.1) is 11.8 Å². The molecule has 0 spiro atoms. The molecule has 0 saturated carbocycles. The van der Waals surface area contributed by atoms with E-state index in [-0.39, 0.29) is 10.5 Å². The van der Waals surface area contributed by atoms with Crippen LogP contribution in [-0.2, 0) is 14.6 Å². The van der Waals surface area contributed by atoms with Crippen molar-refractivity contribution in [3.63, 3.8) is 0 Å². The fraction of sp³-hybridized carbons (Fsp3) is 0.200. The molecule has 0 bridgehead atoms. The molecule has 1 aromatic carbocycles. The number of hydrogen-bond acceptors (Lipinski definition) is 5. The Morgan fingerprint density at radius 1 is 1.33 bits per heavy atom. The third kappa shape index (κ3) is 3.12. The van der Waals surface area contributed by atoms with E-state index in [9.17, 15) is 18.0 Å². The number of sulfone groups is 1. The van der Waals surface area contributed by atoms with Gasteiger partial charge in [0.05, 0.1) is 4.90 Å². The second-order valence-electron chi connectivity index (χ2n) is 3.40. The van der Waals surface area contributed by atoms with E-state index in [1.54, 1.807) is 6.26 Å². The summed E-state index contributed by atoms with van der Waals surface area (Å²) in [6, 6.07) is 2.39. The van der Waals surface area contributed by atoms with Crippen LogP contribution in [-0.4, -0.2) is 37.8 Å². The first kappa shape index (κ1) is 15.2. The van der Waals surface area contributed by atoms with Crippen molar-refractivity contribution in [3.05, 3.63) is 22.2 Å². The van der Waals surface area contributed by atoms with Gasteiger partial charge in [0.15, 0.2) is 9.84 Å². The minimum atomic E-state index is -3.55. The van der Waals surface area contributed by atoms with Gasteiger partial charge in [-0.3, -0.25) is 4.79 Å². The van der Waals surface area contributed by atoms with Crippen molar-refractivity contribution < 1.29 is 23.1 Å². The van der Waals surface area contributed by atoms with E-state index in [1.807, 2.05) is 0 Å². The molecule has 0 aliphatic carbocycles. The fourth-order valence-electron chi connectivity index (χ4n) is 1.30. The van der Waals surface area contributed by atoms with Gasteiger partial charge in [-0.05, 0) is 34.3 Å². The summed E-state index contributed by atoms with van der Waals surface area (Å²) >= 11 is 4.33. The maximum absolute atomic E-state index is 11.6. The Kier molecular flexibility index (Phi) is 4.57. The summed E-state index contributed by atoms with van der Waals surface area (Å²) in [6.07, 6.45) is 2.69. The molecule has 0 unspecified atom stereocenters. The quantitative estimate of drug-likeness (QED) is 0.505. The number of carboxylic acids is 1. The molecule has 1 N–H and O–H groups in total. The van der Waals surface area contributed by atoms with Crippen molar-refractivity contribution in [1.82, 2.24) is 0 Å². The van der Waals surface area contributed by atoms with E-state index >= 15 is 0 Å². The topological polar surface area (TPSA) is 88.5 Å². The van der Waals surface area contributed by atoms with Gasteiger partial charge in [-0.25, -0.2) is 13.2 Å². The zero-order valence-electron chi connectivity index (χ0n) is 9.43. The minimum Gasteiger partial charge on any atom is -0.475 e. The molecular weight excluding hydrogens is 344 g/mol. The number of rotatable bonds is 4. The van der Waals surface area contributed by atoms with Crippen LogP contribution in [0.3, 0.4) is 0 Å². The average molecular weight is 353 g/mol. The van der Waals surface area contributed by atoms with Gasteiger partial charge in [0, 0.05) is 21.2 Å². The second kappa shape index (κ2) is 5.41. The lowest BCUT2D eigenvalue weighted by atomic mass is 10.1. The van der Waals surface area contributed by atoms with E-state index in [0.29, 0.717) is 9.37 Å². The molecule has 1 aromatic rings. The van der Waals surface area contributed by atoms with Crippen LogP contribution in [0.25, 0.3) is 0 Å². The predicted octanol–water partition coefficient (Wildman–Crippen LogP) is 1.84. The molecule has 0 amide bonds. The first-order valence-corrected chi connectivity index (χ1v) is 8.44. The molecule has 5 nitrogen and oxygen atoms in total. The molecule has 8 heteroatoms. The molecule has 0 aliphatic heterocycles. The summed E-state index contributed by atoms with van der Waals surface area (Å²) in [7, 11) is -3.55. The number of Topliss-reactive ketones (excluding diaryl/α,β-unsaturated/α-hetero) is 1. The molecule has 0 aliphatic rings. The van der Waals surface area contributed by atoms with E-state index in [4.69, 9.17) is 5.11 Å². The van der Waals surface area contributed by atoms with Crippen molar-refractivity contribution in [3.8, 4) is 0 Å². The summed E-state index contributed by atoms with van der Waals surface area (Å²) in [4.78, 5) is 22.3. The zero-order valence-corrected chi connectivity index (χ0v) is 12.6. The Bertz CT molecular complexity index is 621. The van der Waals surface area contributed by atoms with Gasteiger partial charge < -0.3 is 5.11 Å². The maximum Gasteiger partial charge on any atom is 0.377 e. The van der Waals surface area contributed by atoms with Crippen LogP contribution in [0, 0.1) is 0 Å². The third-order valence-corrected chi connectivity index (χ3v) is 5.06. The lowest BCUT2D eigenvalue weighted by Gasteiger charge is -2.09. The Morgan fingerprint density at radius 2 is 1.89 bits per heavy atom. The Labute approximate surface area is 117 Å². The number of halogens is 1. The average Bonchev–Trinajstić information content (AvgIpc) is 2.25. The van der Waals surface area contributed by atoms with Crippen molar-refractivity contribution >= 4 is 49.3 Å². The minimum absolute atomic E-state index is 0.0611. The van der Waals surface area contributed by atoms with E-state index in [2.05, 4.69) is 15.9 Å². The summed E-state index contributed by atoms with van der Waals surface area (Å²) in [5.41, 5.74) is -0.174. The van der Waals surface area contributed by atoms with Crippen LogP contribution in [0.4, 0.5) is 0 Å². The highest BCUT2D eigenvalue weighted by Crippen LogP contribution is 2.33. The number of carboxylic acid groups (broad SMARTS) is 1. The van der Waals surface area contributed by atoms with Crippen LogP contribution in [0.15, 0.2) is 26.4 Å². The van der Waals surface area contributed by atoms with E-state index in [1.165, 1.54) is 17.8 Å². The molecule has 18 heavy (non-hydrogen) atoms. The first-order chi connectivity index (χ1) is 8.18. The monoisotopic (exact) mass is 352 g/mol. The van der Waals surface area contributed by atoms with Crippen molar-refractivity contribution in [2.45, 2.75) is 9.79 Å². The normalized spacial score (nSPS) is 11.3. The number of ketones is 1. The Morgan fingerprint density at radius 3 is 2.28 bits per heavy atom. The zero-order chi connectivity index (χ0) is 14.1. The third-order valence-electron chi connectivity index (χ3n) is 2.07. The molecule has 0 aromatic heterocycles. The Hall–Kier alpha value is -0.860. The number of thioether (sulfide) groups is 1. The van der Waals surface area contributed by atoms with Crippen molar-refractivity contribution in [2.24, 2.45) is 0 Å².